The van der Waals surface area contributed by atoms with E-state index in [1.807, 2.05) is 0 Å². The Bertz CT molecular complexity index is 115. The molecule has 11 heavy (non-hydrogen) atoms. The zero-order valence-corrected chi connectivity index (χ0v) is 7.05. The highest BCUT2D eigenvalue weighted by Crippen LogP contribution is 1.95. The molecule has 1 aliphatic rings. The van der Waals surface area contributed by atoms with E-state index in [9.17, 15) is 0 Å². The molecule has 0 aromatic carbocycles. The van der Waals surface area contributed by atoms with Gasteiger partial charge in [0.15, 0.2) is 0 Å². The SMILES string of the molecule is [CH2]CC/C=C/N1CCNCC1. The number of hydrogen-bond donors (Lipinski definition) is 1. The predicted molar refractivity (Wildman–Crippen MR) is 48.2 cm³/mol. The van der Waals surface area contributed by atoms with Gasteiger partial charge < -0.3 is 10.2 Å². The van der Waals surface area contributed by atoms with E-state index in [0.29, 0.717) is 0 Å². The average Bonchev–Trinajstić information content (AvgIpc) is 2.07. The van der Waals surface area contributed by atoms with E-state index in [2.05, 4.69) is 29.4 Å². The van der Waals surface area contributed by atoms with Gasteiger partial charge in [-0.3, -0.25) is 0 Å². The smallest absolute Gasteiger partial charge is 0.0298 e. The van der Waals surface area contributed by atoms with Crippen LogP contribution < -0.4 is 5.32 Å². The van der Waals surface area contributed by atoms with Gasteiger partial charge in [-0.1, -0.05) is 13.0 Å². The van der Waals surface area contributed by atoms with E-state index in [0.717, 1.165) is 39.0 Å². The minimum absolute atomic E-state index is 1.00. The van der Waals surface area contributed by atoms with Crippen LogP contribution in [0.5, 0.6) is 0 Å². The molecule has 1 N–H and O–H groups in total. The van der Waals surface area contributed by atoms with Crippen LogP contribution in [0, 0.1) is 6.92 Å². The first-order chi connectivity index (χ1) is 5.43. The van der Waals surface area contributed by atoms with Crippen LogP contribution in [0.1, 0.15) is 12.8 Å². The number of allylic oxidation sites excluding steroid dienone is 1. The van der Waals surface area contributed by atoms with Crippen molar-refractivity contribution in [2.24, 2.45) is 0 Å². The van der Waals surface area contributed by atoms with E-state index in [-0.39, 0.29) is 0 Å². The normalized spacial score (nSPS) is 19.5. The first-order valence-corrected chi connectivity index (χ1v) is 4.34. The summed E-state index contributed by atoms with van der Waals surface area (Å²) in [4.78, 5) is 2.35. The van der Waals surface area contributed by atoms with Crippen LogP contribution in [0.4, 0.5) is 0 Å². The molecular formula is C9H17N2. The molecule has 0 aromatic rings. The molecule has 63 valence electrons. The summed E-state index contributed by atoms with van der Waals surface area (Å²) in [6, 6.07) is 0. The third kappa shape index (κ3) is 3.42. The lowest BCUT2D eigenvalue weighted by Gasteiger charge is -2.25. The first kappa shape index (κ1) is 8.60. The maximum atomic E-state index is 3.79. The van der Waals surface area contributed by atoms with Crippen LogP contribution in [0.2, 0.25) is 0 Å². The summed E-state index contributed by atoms with van der Waals surface area (Å²) < 4.78 is 0. The van der Waals surface area contributed by atoms with E-state index < -0.39 is 0 Å². The maximum Gasteiger partial charge on any atom is 0.0298 e. The van der Waals surface area contributed by atoms with Crippen molar-refractivity contribution in [3.63, 3.8) is 0 Å². The molecule has 1 radical (unpaired) electrons. The Hall–Kier alpha value is -0.500. The molecule has 0 atom stereocenters. The molecule has 1 heterocycles. The second-order valence-corrected chi connectivity index (χ2v) is 2.81. The van der Waals surface area contributed by atoms with Gasteiger partial charge >= 0.3 is 0 Å². The van der Waals surface area contributed by atoms with E-state index in [1.165, 1.54) is 0 Å². The molecule has 0 saturated carbocycles. The Kier molecular flexibility index (Phi) is 4.06. The summed E-state index contributed by atoms with van der Waals surface area (Å²) in [7, 11) is 0. The average molecular weight is 153 g/mol. The Morgan fingerprint density at radius 2 is 2.09 bits per heavy atom. The number of rotatable bonds is 3. The molecular weight excluding hydrogens is 136 g/mol. The van der Waals surface area contributed by atoms with Crippen LogP contribution in [0.15, 0.2) is 12.3 Å². The monoisotopic (exact) mass is 153 g/mol. The molecule has 0 unspecified atom stereocenters. The highest BCUT2D eigenvalue weighted by molar-refractivity contribution is 4.85. The first-order valence-electron chi connectivity index (χ1n) is 4.34. The highest BCUT2D eigenvalue weighted by atomic mass is 15.2. The van der Waals surface area contributed by atoms with Gasteiger partial charge in [0.05, 0.1) is 0 Å². The fourth-order valence-corrected chi connectivity index (χ4v) is 1.17. The van der Waals surface area contributed by atoms with Gasteiger partial charge in [0, 0.05) is 26.2 Å². The quantitative estimate of drug-likeness (QED) is 0.651. The standard InChI is InChI=1S/C9H17N2/c1-2-3-4-7-11-8-5-10-6-9-11/h4,7,10H,1-3,5-6,8-9H2/b7-4+. The second kappa shape index (κ2) is 5.19. The zero-order valence-electron chi connectivity index (χ0n) is 7.05. The summed E-state index contributed by atoms with van der Waals surface area (Å²) in [5, 5.41) is 3.32. The largest absolute Gasteiger partial charge is 0.375 e. The molecule has 2 heteroatoms. The third-order valence-corrected chi connectivity index (χ3v) is 1.84. The fraction of sp³-hybridized carbons (Fsp3) is 0.667. The summed E-state index contributed by atoms with van der Waals surface area (Å²) >= 11 is 0. The number of unbranched alkanes of at least 4 members (excludes halogenated alkanes) is 1. The van der Waals surface area contributed by atoms with E-state index in [1.54, 1.807) is 0 Å². The third-order valence-electron chi connectivity index (χ3n) is 1.84. The van der Waals surface area contributed by atoms with Gasteiger partial charge in [-0.25, -0.2) is 0 Å². The van der Waals surface area contributed by atoms with Crippen LogP contribution in [0.3, 0.4) is 0 Å². The molecule has 0 bridgehead atoms. The van der Waals surface area contributed by atoms with Gasteiger partial charge in [-0.05, 0) is 19.0 Å². The van der Waals surface area contributed by atoms with Crippen molar-refractivity contribution >= 4 is 0 Å². The Morgan fingerprint density at radius 3 is 2.73 bits per heavy atom. The second-order valence-electron chi connectivity index (χ2n) is 2.81. The predicted octanol–water partition coefficient (Wildman–Crippen LogP) is 1.02. The molecule has 1 fully saturated rings. The van der Waals surface area contributed by atoms with Crippen molar-refractivity contribution in [1.82, 2.24) is 10.2 Å². The fourth-order valence-electron chi connectivity index (χ4n) is 1.17. The van der Waals surface area contributed by atoms with Gasteiger partial charge in [0.1, 0.15) is 0 Å². The molecule has 0 aliphatic carbocycles. The van der Waals surface area contributed by atoms with Crippen molar-refractivity contribution in [1.29, 1.82) is 0 Å². The van der Waals surface area contributed by atoms with Crippen molar-refractivity contribution < 1.29 is 0 Å². The lowest BCUT2D eigenvalue weighted by atomic mass is 10.3. The van der Waals surface area contributed by atoms with Gasteiger partial charge in [-0.15, -0.1) is 0 Å². The number of nitrogens with zero attached hydrogens (tertiary/aromatic N) is 1. The van der Waals surface area contributed by atoms with Gasteiger partial charge in [0.2, 0.25) is 0 Å². The summed E-state index contributed by atoms with van der Waals surface area (Å²) in [5.74, 6) is 0. The van der Waals surface area contributed by atoms with Crippen LogP contribution in [-0.4, -0.2) is 31.1 Å². The van der Waals surface area contributed by atoms with E-state index in [4.69, 9.17) is 0 Å². The molecule has 1 saturated heterocycles. The maximum absolute atomic E-state index is 3.79. The van der Waals surface area contributed by atoms with Gasteiger partial charge in [-0.2, -0.15) is 0 Å². The molecule has 0 amide bonds. The Labute approximate surface area is 69.3 Å². The molecule has 2 nitrogen and oxygen atoms in total. The van der Waals surface area contributed by atoms with Crippen molar-refractivity contribution in [2.45, 2.75) is 12.8 Å². The number of hydrogen-bond acceptors (Lipinski definition) is 2. The topological polar surface area (TPSA) is 15.3 Å². The minimum atomic E-state index is 1.00. The molecule has 1 rings (SSSR count). The van der Waals surface area contributed by atoms with Crippen LogP contribution >= 0.6 is 0 Å². The summed E-state index contributed by atoms with van der Waals surface area (Å²) in [6.07, 6.45) is 6.51. The Morgan fingerprint density at radius 1 is 1.36 bits per heavy atom. The lowest BCUT2D eigenvalue weighted by Crippen LogP contribution is -2.40. The summed E-state index contributed by atoms with van der Waals surface area (Å²) in [6.45, 7) is 8.32. The van der Waals surface area contributed by atoms with E-state index >= 15 is 0 Å². The zero-order chi connectivity index (χ0) is 7.94. The molecule has 1 aliphatic heterocycles. The van der Waals surface area contributed by atoms with Crippen LogP contribution in [0.25, 0.3) is 0 Å². The minimum Gasteiger partial charge on any atom is -0.375 e. The molecule has 0 aromatic heterocycles. The van der Waals surface area contributed by atoms with Gasteiger partial charge in [0.25, 0.3) is 0 Å². The Balaban J connectivity index is 2.13. The van der Waals surface area contributed by atoms with Crippen molar-refractivity contribution in [3.8, 4) is 0 Å². The lowest BCUT2D eigenvalue weighted by molar-refractivity contribution is 0.323. The van der Waals surface area contributed by atoms with Crippen LogP contribution in [-0.2, 0) is 0 Å². The highest BCUT2D eigenvalue weighted by Gasteiger charge is 2.02. The number of piperazine rings is 1. The number of nitrogens with one attached hydrogen (secondary N) is 1. The van der Waals surface area contributed by atoms with Crippen molar-refractivity contribution in [3.05, 3.63) is 19.2 Å². The van der Waals surface area contributed by atoms with Crippen molar-refractivity contribution in [2.75, 3.05) is 26.2 Å². The molecule has 0 spiro atoms. The summed E-state index contributed by atoms with van der Waals surface area (Å²) in [5.41, 5.74) is 0.